The Morgan fingerprint density at radius 2 is 1.75 bits per heavy atom. The number of benzene rings is 2. The van der Waals surface area contributed by atoms with Gasteiger partial charge in [0.2, 0.25) is 22.0 Å². The number of methoxy groups -OCH3 is 1. The molecule has 0 bridgehead atoms. The summed E-state index contributed by atoms with van der Waals surface area (Å²) in [4.78, 5) is 26.8. The number of carbonyl (C=O) groups is 2. The van der Waals surface area contributed by atoms with Gasteiger partial charge in [-0.1, -0.05) is 24.3 Å². The van der Waals surface area contributed by atoms with Crippen LogP contribution in [0.2, 0.25) is 0 Å². The van der Waals surface area contributed by atoms with E-state index in [1.165, 1.54) is 11.4 Å². The fourth-order valence-corrected chi connectivity index (χ4v) is 5.53. The molecule has 1 amide bonds. The summed E-state index contributed by atoms with van der Waals surface area (Å²) >= 11 is 0. The highest BCUT2D eigenvalue weighted by molar-refractivity contribution is 7.89. The number of para-hydroxylation sites is 2. The van der Waals surface area contributed by atoms with Crippen molar-refractivity contribution in [2.45, 2.75) is 36.7 Å². The Kier molecular flexibility index (Phi) is 6.48. The molecule has 1 atom stereocenters. The van der Waals surface area contributed by atoms with Crippen molar-refractivity contribution in [3.8, 4) is 5.75 Å². The summed E-state index contributed by atoms with van der Waals surface area (Å²) in [5.74, 6) is -0.227. The zero-order chi connectivity index (χ0) is 22.7. The number of fused-ring (bicyclic) bond motifs is 1. The molecule has 2 heterocycles. The first-order valence-corrected chi connectivity index (χ1v) is 12.1. The molecule has 8 nitrogen and oxygen atoms in total. The van der Waals surface area contributed by atoms with E-state index >= 15 is 0 Å². The van der Waals surface area contributed by atoms with Crippen LogP contribution >= 0.6 is 0 Å². The van der Waals surface area contributed by atoms with E-state index in [1.807, 2.05) is 0 Å². The lowest BCUT2D eigenvalue weighted by Crippen LogP contribution is -2.47. The van der Waals surface area contributed by atoms with Crippen molar-refractivity contribution in [3.05, 3.63) is 54.1 Å². The first kappa shape index (κ1) is 22.3. The maximum Gasteiger partial charge on any atom is 0.348 e. The van der Waals surface area contributed by atoms with E-state index in [9.17, 15) is 18.0 Å². The third-order valence-corrected chi connectivity index (χ3v) is 7.71. The minimum absolute atomic E-state index is 0.0789. The predicted molar refractivity (Wildman–Crippen MR) is 118 cm³/mol. The zero-order valence-electron chi connectivity index (χ0n) is 17.9. The summed E-state index contributed by atoms with van der Waals surface area (Å²) in [5.41, 5.74) is 1.48. The molecule has 170 valence electrons. The van der Waals surface area contributed by atoms with Gasteiger partial charge in [-0.25, -0.2) is 13.2 Å². The molecular weight excluding hydrogens is 432 g/mol. The van der Waals surface area contributed by atoms with Gasteiger partial charge < -0.3 is 14.4 Å². The van der Waals surface area contributed by atoms with Crippen LogP contribution in [0, 0.1) is 0 Å². The minimum atomic E-state index is -3.45. The lowest BCUT2D eigenvalue weighted by atomic mass is 10.1. The number of carbonyl (C=O) groups excluding carboxylic acids is 2. The molecule has 0 spiro atoms. The summed E-state index contributed by atoms with van der Waals surface area (Å²) < 4.78 is 37.3. The standard InChI is InChI=1S/C23H26N2O6S/c1-30-23(27)21-16-25(19-6-2-3-7-20(19)31-21)22(26)13-10-17-8-11-18(12-9-17)32(28,29)24-14-4-5-15-24/h2-3,6-9,11-12,21H,4-5,10,13-16H2,1H3/t21-/m0/s1. The predicted octanol–water partition coefficient (Wildman–Crippen LogP) is 2.37. The summed E-state index contributed by atoms with van der Waals surface area (Å²) in [5, 5.41) is 0. The summed E-state index contributed by atoms with van der Waals surface area (Å²) in [6.45, 7) is 1.20. The van der Waals surface area contributed by atoms with Gasteiger partial charge >= 0.3 is 5.97 Å². The number of sulfonamides is 1. The molecule has 0 saturated carbocycles. The van der Waals surface area contributed by atoms with E-state index < -0.39 is 22.1 Å². The molecule has 0 aliphatic carbocycles. The Morgan fingerprint density at radius 1 is 1.06 bits per heavy atom. The molecule has 2 aliphatic rings. The summed E-state index contributed by atoms with van der Waals surface area (Å²) in [6.07, 6.45) is 1.56. The topological polar surface area (TPSA) is 93.2 Å². The summed E-state index contributed by atoms with van der Waals surface area (Å²) in [7, 11) is -2.17. The number of anilines is 1. The van der Waals surface area contributed by atoms with Crippen LogP contribution < -0.4 is 9.64 Å². The number of hydrogen-bond acceptors (Lipinski definition) is 6. The SMILES string of the molecule is COC(=O)[C@@H]1CN(C(=O)CCc2ccc(S(=O)(=O)N3CCCC3)cc2)c2ccccc2O1. The second kappa shape index (κ2) is 9.30. The van der Waals surface area contributed by atoms with E-state index in [4.69, 9.17) is 9.47 Å². The fraction of sp³-hybridized carbons (Fsp3) is 0.391. The molecule has 1 saturated heterocycles. The number of nitrogens with zero attached hydrogens (tertiary/aromatic N) is 2. The molecule has 2 aliphatic heterocycles. The lowest BCUT2D eigenvalue weighted by Gasteiger charge is -2.33. The molecule has 0 unspecified atom stereocenters. The third kappa shape index (κ3) is 4.49. The van der Waals surface area contributed by atoms with Crippen LogP contribution in [-0.4, -0.2) is 57.4 Å². The summed E-state index contributed by atoms with van der Waals surface area (Å²) in [6, 6.07) is 13.8. The number of esters is 1. The molecule has 2 aromatic carbocycles. The molecule has 0 N–H and O–H groups in total. The average molecular weight is 459 g/mol. The molecule has 32 heavy (non-hydrogen) atoms. The number of ether oxygens (including phenoxy) is 2. The van der Waals surface area contributed by atoms with E-state index in [0.717, 1.165) is 18.4 Å². The van der Waals surface area contributed by atoms with Crippen molar-refractivity contribution in [1.29, 1.82) is 0 Å². The number of aryl methyl sites for hydroxylation is 1. The quantitative estimate of drug-likeness (QED) is 0.617. The van der Waals surface area contributed by atoms with Gasteiger partial charge in [-0.3, -0.25) is 4.79 Å². The van der Waals surface area contributed by atoms with E-state index in [1.54, 1.807) is 53.4 Å². The van der Waals surface area contributed by atoms with Crippen molar-refractivity contribution < 1.29 is 27.5 Å². The van der Waals surface area contributed by atoms with Crippen LogP contribution in [0.3, 0.4) is 0 Å². The van der Waals surface area contributed by atoms with E-state index in [0.29, 0.717) is 30.9 Å². The van der Waals surface area contributed by atoms with E-state index in [2.05, 4.69) is 0 Å². The first-order chi connectivity index (χ1) is 15.4. The van der Waals surface area contributed by atoms with Gasteiger partial charge in [0.05, 0.1) is 24.2 Å². The first-order valence-electron chi connectivity index (χ1n) is 10.6. The van der Waals surface area contributed by atoms with E-state index in [-0.39, 0.29) is 23.8 Å². The maximum atomic E-state index is 13.0. The van der Waals surface area contributed by atoms with Gasteiger partial charge in [0.25, 0.3) is 0 Å². The van der Waals surface area contributed by atoms with Crippen LogP contribution in [0.5, 0.6) is 5.75 Å². The highest BCUT2D eigenvalue weighted by Crippen LogP contribution is 2.34. The smallest absolute Gasteiger partial charge is 0.348 e. The molecule has 0 radical (unpaired) electrons. The molecule has 4 rings (SSSR count). The Labute approximate surface area is 187 Å². The zero-order valence-corrected chi connectivity index (χ0v) is 18.7. The van der Waals surface area contributed by atoms with Crippen molar-refractivity contribution in [1.82, 2.24) is 4.31 Å². The normalized spacial score (nSPS) is 18.7. The van der Waals surface area contributed by atoms with Crippen molar-refractivity contribution in [3.63, 3.8) is 0 Å². The maximum absolute atomic E-state index is 13.0. The molecule has 0 aromatic heterocycles. The van der Waals surface area contributed by atoms with Gasteiger partial charge in [0.15, 0.2) is 0 Å². The van der Waals surface area contributed by atoms with Crippen molar-refractivity contribution in [2.24, 2.45) is 0 Å². The highest BCUT2D eigenvalue weighted by atomic mass is 32.2. The molecular formula is C23H26N2O6S. The minimum Gasteiger partial charge on any atom is -0.475 e. The van der Waals surface area contributed by atoms with Crippen LogP contribution in [0.4, 0.5) is 5.69 Å². The Balaban J connectivity index is 1.43. The molecule has 9 heteroatoms. The van der Waals surface area contributed by atoms with Gasteiger partial charge in [0, 0.05) is 19.5 Å². The van der Waals surface area contributed by atoms with Crippen LogP contribution in [0.25, 0.3) is 0 Å². The van der Waals surface area contributed by atoms with Gasteiger partial charge in [0.1, 0.15) is 5.75 Å². The number of hydrogen-bond donors (Lipinski definition) is 0. The number of amides is 1. The van der Waals surface area contributed by atoms with Crippen LogP contribution in [0.1, 0.15) is 24.8 Å². The van der Waals surface area contributed by atoms with Crippen molar-refractivity contribution >= 4 is 27.6 Å². The van der Waals surface area contributed by atoms with Crippen molar-refractivity contribution in [2.75, 3.05) is 31.6 Å². The third-order valence-electron chi connectivity index (χ3n) is 5.79. The second-order valence-electron chi connectivity index (χ2n) is 7.86. The average Bonchev–Trinajstić information content (AvgIpc) is 3.37. The number of rotatable bonds is 6. The van der Waals surface area contributed by atoms with Gasteiger partial charge in [-0.05, 0) is 49.1 Å². The van der Waals surface area contributed by atoms with Crippen LogP contribution in [-0.2, 0) is 30.8 Å². The Hall–Kier alpha value is -2.91. The largest absolute Gasteiger partial charge is 0.475 e. The Morgan fingerprint density at radius 3 is 2.44 bits per heavy atom. The van der Waals surface area contributed by atoms with Gasteiger partial charge in [-0.15, -0.1) is 0 Å². The second-order valence-corrected chi connectivity index (χ2v) is 9.79. The van der Waals surface area contributed by atoms with Crippen LogP contribution in [0.15, 0.2) is 53.4 Å². The molecule has 1 fully saturated rings. The molecule has 2 aromatic rings. The Bertz CT molecular complexity index is 1090. The monoisotopic (exact) mass is 458 g/mol. The highest BCUT2D eigenvalue weighted by Gasteiger charge is 2.34. The fourth-order valence-electron chi connectivity index (χ4n) is 4.02. The lowest BCUT2D eigenvalue weighted by molar-refractivity contribution is -0.148. The van der Waals surface area contributed by atoms with Gasteiger partial charge in [-0.2, -0.15) is 4.31 Å².